The molecule has 3 aliphatic heterocycles. The molecule has 3 saturated heterocycles. The van der Waals surface area contributed by atoms with Gasteiger partial charge in [-0.25, -0.2) is 0 Å². The highest BCUT2D eigenvalue weighted by atomic mass is 15.3. The lowest BCUT2D eigenvalue weighted by molar-refractivity contribution is 0.00390. The van der Waals surface area contributed by atoms with Crippen molar-refractivity contribution >= 4 is 0 Å². The van der Waals surface area contributed by atoms with Crippen LogP contribution < -0.4 is 5.32 Å². The van der Waals surface area contributed by atoms with Gasteiger partial charge in [-0.15, -0.1) is 0 Å². The average Bonchev–Trinajstić information content (AvgIpc) is 2.05. The lowest BCUT2D eigenvalue weighted by Crippen LogP contribution is -2.65. The lowest BCUT2D eigenvalue weighted by Gasteiger charge is -2.51. The van der Waals surface area contributed by atoms with E-state index in [1.54, 1.807) is 0 Å². The highest BCUT2D eigenvalue weighted by Gasteiger charge is 2.38. The molecule has 0 spiro atoms. The van der Waals surface area contributed by atoms with Crippen molar-refractivity contribution in [3.05, 3.63) is 0 Å². The largest absolute Gasteiger partial charge is 0.311 e. The standard InChI is InChI=1S/C10H20N2/c1-10(2,3)12-7-8-4-5-9(12)6-11-8/h8-9,11H,4-7H2,1-3H3/t8-,9-/m0/s1. The Morgan fingerprint density at radius 3 is 2.25 bits per heavy atom. The molecule has 0 aromatic heterocycles. The van der Waals surface area contributed by atoms with Crippen LogP contribution in [-0.2, 0) is 0 Å². The molecule has 0 saturated carbocycles. The fraction of sp³-hybridized carbons (Fsp3) is 1.00. The molecule has 12 heavy (non-hydrogen) atoms. The monoisotopic (exact) mass is 168 g/mol. The molecule has 0 aromatic rings. The van der Waals surface area contributed by atoms with Crippen LogP contribution in [-0.4, -0.2) is 35.6 Å². The van der Waals surface area contributed by atoms with E-state index in [9.17, 15) is 0 Å². The van der Waals surface area contributed by atoms with Crippen molar-refractivity contribution < 1.29 is 0 Å². The number of nitrogens with zero attached hydrogens (tertiary/aromatic N) is 1. The van der Waals surface area contributed by atoms with Crippen molar-refractivity contribution in [3.8, 4) is 0 Å². The maximum absolute atomic E-state index is 3.58. The first-order valence-corrected chi connectivity index (χ1v) is 5.07. The number of piperazine rings is 1. The molecule has 3 heterocycles. The van der Waals surface area contributed by atoms with E-state index in [2.05, 4.69) is 31.0 Å². The maximum Gasteiger partial charge on any atom is 0.0227 e. The van der Waals surface area contributed by atoms with Crippen LogP contribution in [0.3, 0.4) is 0 Å². The number of hydrogen-bond donors (Lipinski definition) is 1. The second-order valence-corrected chi connectivity index (χ2v) is 5.16. The van der Waals surface area contributed by atoms with Gasteiger partial charge >= 0.3 is 0 Å². The van der Waals surface area contributed by atoms with E-state index in [0.717, 1.165) is 12.1 Å². The molecule has 2 bridgehead atoms. The summed E-state index contributed by atoms with van der Waals surface area (Å²) in [4.78, 5) is 2.66. The van der Waals surface area contributed by atoms with Crippen LogP contribution in [0.2, 0.25) is 0 Å². The van der Waals surface area contributed by atoms with Crippen LogP contribution in [0.1, 0.15) is 33.6 Å². The molecule has 3 aliphatic rings. The van der Waals surface area contributed by atoms with Gasteiger partial charge in [-0.2, -0.15) is 0 Å². The quantitative estimate of drug-likeness (QED) is 0.585. The minimum Gasteiger partial charge on any atom is -0.311 e. The first-order chi connectivity index (χ1) is 5.57. The van der Waals surface area contributed by atoms with Crippen molar-refractivity contribution in [2.45, 2.75) is 51.2 Å². The first kappa shape index (κ1) is 8.52. The predicted octanol–water partition coefficient (Wildman–Crippen LogP) is 1.22. The third-order valence-electron chi connectivity index (χ3n) is 3.21. The van der Waals surface area contributed by atoms with E-state index in [-0.39, 0.29) is 0 Å². The van der Waals surface area contributed by atoms with Gasteiger partial charge in [0, 0.05) is 30.7 Å². The Morgan fingerprint density at radius 1 is 1.25 bits per heavy atom. The highest BCUT2D eigenvalue weighted by Crippen LogP contribution is 2.28. The van der Waals surface area contributed by atoms with Crippen molar-refractivity contribution in [1.29, 1.82) is 0 Å². The predicted molar refractivity (Wildman–Crippen MR) is 51.3 cm³/mol. The molecule has 0 radical (unpaired) electrons. The summed E-state index contributed by atoms with van der Waals surface area (Å²) in [5.74, 6) is 0. The van der Waals surface area contributed by atoms with Crippen molar-refractivity contribution in [2.75, 3.05) is 13.1 Å². The summed E-state index contributed by atoms with van der Waals surface area (Å²) in [5, 5.41) is 3.58. The Bertz CT molecular complexity index is 163. The summed E-state index contributed by atoms with van der Waals surface area (Å²) < 4.78 is 0. The third-order valence-corrected chi connectivity index (χ3v) is 3.21. The van der Waals surface area contributed by atoms with Gasteiger partial charge in [0.05, 0.1) is 0 Å². The molecule has 2 atom stereocenters. The highest BCUT2D eigenvalue weighted by molar-refractivity contribution is 4.97. The fourth-order valence-electron chi connectivity index (χ4n) is 2.53. The smallest absolute Gasteiger partial charge is 0.0227 e. The van der Waals surface area contributed by atoms with Crippen LogP contribution in [0.25, 0.3) is 0 Å². The Morgan fingerprint density at radius 2 is 2.00 bits per heavy atom. The van der Waals surface area contributed by atoms with E-state index in [1.807, 2.05) is 0 Å². The SMILES string of the molecule is CC(C)(C)N1C[C@@H]2CC[C@H]1CN2. The van der Waals surface area contributed by atoms with Crippen LogP contribution in [0, 0.1) is 0 Å². The minimum absolute atomic E-state index is 0.367. The third kappa shape index (κ3) is 1.38. The van der Waals surface area contributed by atoms with Crippen LogP contribution >= 0.6 is 0 Å². The fourth-order valence-corrected chi connectivity index (χ4v) is 2.53. The zero-order valence-corrected chi connectivity index (χ0v) is 8.43. The van der Waals surface area contributed by atoms with Crippen LogP contribution in [0.4, 0.5) is 0 Å². The average molecular weight is 168 g/mol. The molecule has 2 heteroatoms. The molecule has 0 aliphatic carbocycles. The summed E-state index contributed by atoms with van der Waals surface area (Å²) in [7, 11) is 0. The van der Waals surface area contributed by atoms with Crippen molar-refractivity contribution in [3.63, 3.8) is 0 Å². The van der Waals surface area contributed by atoms with Crippen molar-refractivity contribution in [1.82, 2.24) is 10.2 Å². The molecule has 3 rings (SSSR count). The van der Waals surface area contributed by atoms with E-state index >= 15 is 0 Å². The summed E-state index contributed by atoms with van der Waals surface area (Å²) in [5.41, 5.74) is 0.367. The summed E-state index contributed by atoms with van der Waals surface area (Å²) in [6, 6.07) is 1.57. The molecule has 3 fully saturated rings. The summed E-state index contributed by atoms with van der Waals surface area (Å²) in [6.07, 6.45) is 2.78. The Hall–Kier alpha value is -0.0800. The minimum atomic E-state index is 0.367. The molecule has 0 aromatic carbocycles. The van der Waals surface area contributed by atoms with Gasteiger partial charge < -0.3 is 5.32 Å². The van der Waals surface area contributed by atoms with Crippen LogP contribution in [0.15, 0.2) is 0 Å². The Labute approximate surface area is 75.3 Å². The number of piperidine rings is 2. The molecule has 2 nitrogen and oxygen atoms in total. The second kappa shape index (κ2) is 2.71. The van der Waals surface area contributed by atoms with Gasteiger partial charge in [-0.05, 0) is 33.6 Å². The molecule has 0 unspecified atom stereocenters. The van der Waals surface area contributed by atoms with Crippen molar-refractivity contribution in [2.24, 2.45) is 0 Å². The number of nitrogens with one attached hydrogen (secondary N) is 1. The van der Waals surface area contributed by atoms with Gasteiger partial charge in [0.2, 0.25) is 0 Å². The number of rotatable bonds is 0. The zero-order chi connectivity index (χ0) is 8.77. The maximum atomic E-state index is 3.58. The van der Waals surface area contributed by atoms with E-state index < -0.39 is 0 Å². The van der Waals surface area contributed by atoms with Gasteiger partial charge in [0.1, 0.15) is 0 Å². The van der Waals surface area contributed by atoms with E-state index in [1.165, 1.54) is 25.9 Å². The second-order valence-electron chi connectivity index (χ2n) is 5.16. The normalized spacial score (nSPS) is 37.2. The van der Waals surface area contributed by atoms with Gasteiger partial charge in [-0.3, -0.25) is 4.90 Å². The summed E-state index contributed by atoms with van der Waals surface area (Å²) in [6.45, 7) is 9.45. The van der Waals surface area contributed by atoms with E-state index in [0.29, 0.717) is 5.54 Å². The van der Waals surface area contributed by atoms with Gasteiger partial charge in [0.25, 0.3) is 0 Å². The lowest BCUT2D eigenvalue weighted by atomic mass is 9.88. The number of hydrogen-bond acceptors (Lipinski definition) is 2. The summed E-state index contributed by atoms with van der Waals surface area (Å²) >= 11 is 0. The van der Waals surface area contributed by atoms with Gasteiger partial charge in [0.15, 0.2) is 0 Å². The molecule has 70 valence electrons. The van der Waals surface area contributed by atoms with E-state index in [4.69, 9.17) is 0 Å². The van der Waals surface area contributed by atoms with Gasteiger partial charge in [-0.1, -0.05) is 0 Å². The zero-order valence-electron chi connectivity index (χ0n) is 8.43. The first-order valence-electron chi connectivity index (χ1n) is 5.07. The molecule has 0 amide bonds. The molecular formula is C10H20N2. The Kier molecular flexibility index (Phi) is 1.92. The molecular weight excluding hydrogens is 148 g/mol. The number of fused-ring (bicyclic) bond motifs is 3. The Balaban J connectivity index is 2.09. The topological polar surface area (TPSA) is 15.3 Å². The van der Waals surface area contributed by atoms with Crippen LogP contribution in [0.5, 0.6) is 0 Å². The molecule has 1 N–H and O–H groups in total.